The van der Waals surface area contributed by atoms with Crippen LogP contribution in [0.4, 0.5) is 11.4 Å². The van der Waals surface area contributed by atoms with Gasteiger partial charge in [-0.05, 0) is 17.5 Å². The molecular weight excluding hydrogens is 238 g/mol. The number of nitrogens with one attached hydrogen (secondary N) is 2. The zero-order chi connectivity index (χ0) is 14.0. The van der Waals surface area contributed by atoms with Crippen LogP contribution in [-0.4, -0.2) is 37.0 Å². The molecule has 0 saturated heterocycles. The topological polar surface area (TPSA) is 44.4 Å². The Hall–Kier alpha value is -1.71. The minimum absolute atomic E-state index is 0.115. The number of likely N-dealkylation sites (N-methyl/N-ethyl adjacent to an activating group) is 1. The minimum Gasteiger partial charge on any atom is -0.381 e. The maximum Gasteiger partial charge on any atom is 0.246 e. The Morgan fingerprint density at radius 1 is 1.32 bits per heavy atom. The largest absolute Gasteiger partial charge is 0.381 e. The molecule has 4 heteroatoms. The number of anilines is 2. The summed E-state index contributed by atoms with van der Waals surface area (Å²) in [4.78, 5) is 14.2. The van der Waals surface area contributed by atoms with Crippen LogP contribution in [0.5, 0.6) is 0 Å². The number of para-hydroxylation sites is 2. The van der Waals surface area contributed by atoms with Gasteiger partial charge in [-0.15, -0.1) is 0 Å². The van der Waals surface area contributed by atoms with Gasteiger partial charge in [0.15, 0.2) is 0 Å². The third-order valence-corrected chi connectivity index (χ3v) is 3.14. The van der Waals surface area contributed by atoms with Gasteiger partial charge in [-0.25, -0.2) is 0 Å². The maximum atomic E-state index is 12.4. The summed E-state index contributed by atoms with van der Waals surface area (Å²) in [6.45, 7) is 7.80. The molecule has 0 radical (unpaired) electrons. The lowest BCUT2D eigenvalue weighted by Gasteiger charge is -2.33. The van der Waals surface area contributed by atoms with Crippen molar-refractivity contribution in [1.82, 2.24) is 4.90 Å². The SMILES string of the molecule is CN(CC(C)(C)C)C(=O)C1CNc2ccccc2N1. The molecule has 0 saturated carbocycles. The van der Waals surface area contributed by atoms with E-state index >= 15 is 0 Å². The molecule has 1 atom stereocenters. The number of hydrogen-bond donors (Lipinski definition) is 2. The van der Waals surface area contributed by atoms with Crippen molar-refractivity contribution >= 4 is 17.3 Å². The minimum atomic E-state index is -0.192. The lowest BCUT2D eigenvalue weighted by Crippen LogP contribution is -2.48. The third kappa shape index (κ3) is 3.40. The molecule has 0 spiro atoms. The van der Waals surface area contributed by atoms with Gasteiger partial charge < -0.3 is 15.5 Å². The summed E-state index contributed by atoms with van der Waals surface area (Å²) in [5.74, 6) is 0.136. The van der Waals surface area contributed by atoms with Crippen LogP contribution in [0.2, 0.25) is 0 Å². The first kappa shape index (κ1) is 13.7. The summed E-state index contributed by atoms with van der Waals surface area (Å²) in [5.41, 5.74) is 2.17. The summed E-state index contributed by atoms with van der Waals surface area (Å²) in [5, 5.41) is 6.61. The first-order valence-electron chi connectivity index (χ1n) is 6.71. The lowest BCUT2D eigenvalue weighted by atomic mass is 9.96. The fraction of sp³-hybridized carbons (Fsp3) is 0.533. The van der Waals surface area contributed by atoms with Gasteiger partial charge >= 0.3 is 0 Å². The standard InChI is InChI=1S/C15H23N3O/c1-15(2,3)10-18(4)14(19)13-9-16-11-7-5-6-8-12(11)17-13/h5-8,13,16-17H,9-10H2,1-4H3. The average Bonchev–Trinajstić information content (AvgIpc) is 2.35. The first-order chi connectivity index (χ1) is 8.87. The molecule has 1 aromatic rings. The fourth-order valence-corrected chi connectivity index (χ4v) is 2.42. The van der Waals surface area contributed by atoms with Crippen molar-refractivity contribution in [3.8, 4) is 0 Å². The van der Waals surface area contributed by atoms with Gasteiger partial charge in [0, 0.05) is 20.1 Å². The highest BCUT2D eigenvalue weighted by Crippen LogP contribution is 2.26. The van der Waals surface area contributed by atoms with Crippen LogP contribution in [0.15, 0.2) is 24.3 Å². The van der Waals surface area contributed by atoms with E-state index in [1.54, 1.807) is 0 Å². The fourth-order valence-electron chi connectivity index (χ4n) is 2.42. The molecule has 1 heterocycles. The molecule has 0 aromatic heterocycles. The Balaban J connectivity index is 2.03. The predicted molar refractivity (Wildman–Crippen MR) is 79.4 cm³/mol. The highest BCUT2D eigenvalue weighted by Gasteiger charge is 2.27. The van der Waals surface area contributed by atoms with Crippen molar-refractivity contribution in [2.45, 2.75) is 26.8 Å². The molecule has 1 aromatic carbocycles. The van der Waals surface area contributed by atoms with Crippen molar-refractivity contribution < 1.29 is 4.79 Å². The molecule has 19 heavy (non-hydrogen) atoms. The summed E-state index contributed by atoms with van der Waals surface area (Å²) in [6, 6.07) is 7.77. The third-order valence-electron chi connectivity index (χ3n) is 3.14. The maximum absolute atomic E-state index is 12.4. The Kier molecular flexibility index (Phi) is 3.69. The van der Waals surface area contributed by atoms with Crippen molar-refractivity contribution in [1.29, 1.82) is 0 Å². The molecule has 1 unspecified atom stereocenters. The Morgan fingerprint density at radius 2 is 1.95 bits per heavy atom. The van der Waals surface area contributed by atoms with Crippen molar-refractivity contribution in [3.63, 3.8) is 0 Å². The zero-order valence-corrected chi connectivity index (χ0v) is 12.2. The number of benzene rings is 1. The molecule has 0 fully saturated rings. The van der Waals surface area contributed by atoms with Crippen LogP contribution in [0.1, 0.15) is 20.8 Å². The van der Waals surface area contributed by atoms with Gasteiger partial charge in [-0.3, -0.25) is 4.79 Å². The van der Waals surface area contributed by atoms with Gasteiger partial charge in [0.2, 0.25) is 5.91 Å². The van der Waals surface area contributed by atoms with Gasteiger partial charge in [0.1, 0.15) is 6.04 Å². The molecule has 1 amide bonds. The van der Waals surface area contributed by atoms with Crippen molar-refractivity contribution in [2.24, 2.45) is 5.41 Å². The van der Waals surface area contributed by atoms with Gasteiger partial charge in [0.25, 0.3) is 0 Å². The molecular formula is C15H23N3O. The molecule has 1 aliphatic heterocycles. The summed E-state index contributed by atoms with van der Waals surface area (Å²) < 4.78 is 0. The highest BCUT2D eigenvalue weighted by atomic mass is 16.2. The Bertz CT molecular complexity index is 465. The summed E-state index contributed by atoms with van der Waals surface area (Å²) >= 11 is 0. The van der Waals surface area contributed by atoms with Crippen LogP contribution < -0.4 is 10.6 Å². The molecule has 2 N–H and O–H groups in total. The van der Waals surface area contributed by atoms with E-state index in [1.807, 2.05) is 36.2 Å². The van der Waals surface area contributed by atoms with E-state index in [4.69, 9.17) is 0 Å². The van der Waals surface area contributed by atoms with Crippen molar-refractivity contribution in [2.75, 3.05) is 30.8 Å². The Morgan fingerprint density at radius 3 is 2.58 bits per heavy atom. The first-order valence-corrected chi connectivity index (χ1v) is 6.71. The monoisotopic (exact) mass is 261 g/mol. The predicted octanol–water partition coefficient (Wildman–Crippen LogP) is 2.40. The zero-order valence-electron chi connectivity index (χ0n) is 12.2. The normalized spacial score (nSPS) is 18.0. The lowest BCUT2D eigenvalue weighted by molar-refractivity contribution is -0.131. The number of nitrogens with zero attached hydrogens (tertiary/aromatic N) is 1. The van der Waals surface area contributed by atoms with Crippen molar-refractivity contribution in [3.05, 3.63) is 24.3 Å². The molecule has 1 aliphatic rings. The molecule has 0 aliphatic carbocycles. The number of carbonyl (C=O) groups excluding carboxylic acids is 1. The second kappa shape index (κ2) is 5.11. The van der Waals surface area contributed by atoms with E-state index in [9.17, 15) is 4.79 Å². The quantitative estimate of drug-likeness (QED) is 0.859. The second-order valence-electron chi connectivity index (χ2n) is 6.38. The molecule has 104 valence electrons. The molecule has 4 nitrogen and oxygen atoms in total. The van der Waals surface area contributed by atoms with E-state index in [0.29, 0.717) is 6.54 Å². The van der Waals surface area contributed by atoms with E-state index in [2.05, 4.69) is 31.4 Å². The van der Waals surface area contributed by atoms with E-state index < -0.39 is 0 Å². The average molecular weight is 261 g/mol. The van der Waals surface area contributed by atoms with Crippen LogP contribution in [0.25, 0.3) is 0 Å². The van der Waals surface area contributed by atoms with Crippen LogP contribution in [0, 0.1) is 5.41 Å². The summed E-state index contributed by atoms with van der Waals surface area (Å²) in [6.07, 6.45) is 0. The Labute approximate surface area is 115 Å². The van der Waals surface area contributed by atoms with Crippen LogP contribution in [-0.2, 0) is 4.79 Å². The van der Waals surface area contributed by atoms with E-state index in [0.717, 1.165) is 17.9 Å². The van der Waals surface area contributed by atoms with E-state index in [-0.39, 0.29) is 17.4 Å². The van der Waals surface area contributed by atoms with Gasteiger partial charge in [-0.1, -0.05) is 32.9 Å². The smallest absolute Gasteiger partial charge is 0.246 e. The number of fused-ring (bicyclic) bond motifs is 1. The van der Waals surface area contributed by atoms with E-state index in [1.165, 1.54) is 0 Å². The second-order valence-corrected chi connectivity index (χ2v) is 6.38. The molecule has 0 bridgehead atoms. The highest BCUT2D eigenvalue weighted by molar-refractivity contribution is 5.88. The molecule has 2 rings (SSSR count). The number of carbonyl (C=O) groups is 1. The number of hydrogen-bond acceptors (Lipinski definition) is 3. The summed E-state index contributed by atoms with van der Waals surface area (Å²) in [7, 11) is 1.87. The van der Waals surface area contributed by atoms with Gasteiger partial charge in [0.05, 0.1) is 11.4 Å². The number of rotatable bonds is 2. The van der Waals surface area contributed by atoms with Gasteiger partial charge in [-0.2, -0.15) is 0 Å². The number of amides is 1. The van der Waals surface area contributed by atoms with Crippen LogP contribution in [0.3, 0.4) is 0 Å². The van der Waals surface area contributed by atoms with Crippen LogP contribution >= 0.6 is 0 Å².